The Hall–Kier alpha value is -2.34. The predicted octanol–water partition coefficient (Wildman–Crippen LogP) is 3.38. The summed E-state index contributed by atoms with van der Waals surface area (Å²) in [6, 6.07) is 7.07. The number of carbonyl (C=O) groups is 2. The number of hydrogen-bond donors (Lipinski definition) is 2. The Labute approximate surface area is 144 Å². The maximum absolute atomic E-state index is 12.7. The summed E-state index contributed by atoms with van der Waals surface area (Å²) in [5.41, 5.74) is 7.49. The molecule has 6 heteroatoms. The zero-order valence-electron chi connectivity index (χ0n) is 13.6. The number of para-hydroxylation sites is 1. The summed E-state index contributed by atoms with van der Waals surface area (Å²) in [5, 5.41) is 3.41. The fraction of sp³-hybridized carbons (Fsp3) is 0.333. The molecule has 1 heterocycles. The molecule has 24 heavy (non-hydrogen) atoms. The van der Waals surface area contributed by atoms with Crippen LogP contribution in [0.2, 0.25) is 0 Å². The van der Waals surface area contributed by atoms with Crippen LogP contribution in [0.1, 0.15) is 50.9 Å². The van der Waals surface area contributed by atoms with Crippen LogP contribution in [0.4, 0.5) is 5.00 Å². The molecule has 3 rings (SSSR count). The number of fused-ring (bicyclic) bond motifs is 1. The summed E-state index contributed by atoms with van der Waals surface area (Å²) < 4.78 is 5.51. The second kappa shape index (κ2) is 7.05. The molecule has 0 atom stereocenters. The van der Waals surface area contributed by atoms with E-state index in [2.05, 4.69) is 5.32 Å². The Kier molecular flexibility index (Phi) is 4.85. The Bertz CT molecular complexity index is 783. The average molecular weight is 344 g/mol. The molecular weight excluding hydrogens is 324 g/mol. The third-order valence-electron chi connectivity index (χ3n) is 4.08. The number of hydrogen-bond acceptors (Lipinski definition) is 4. The van der Waals surface area contributed by atoms with Crippen molar-refractivity contribution in [3.63, 3.8) is 0 Å². The van der Waals surface area contributed by atoms with Crippen molar-refractivity contribution in [1.82, 2.24) is 0 Å². The van der Waals surface area contributed by atoms with Crippen LogP contribution < -0.4 is 15.8 Å². The molecule has 0 unspecified atom stereocenters. The van der Waals surface area contributed by atoms with E-state index in [4.69, 9.17) is 10.5 Å². The summed E-state index contributed by atoms with van der Waals surface area (Å²) in [4.78, 5) is 25.7. The van der Waals surface area contributed by atoms with Crippen LogP contribution in [0.5, 0.6) is 5.75 Å². The molecule has 0 saturated carbocycles. The minimum absolute atomic E-state index is 0.292. The maximum Gasteiger partial charge on any atom is 0.260 e. The van der Waals surface area contributed by atoms with Crippen LogP contribution in [0.25, 0.3) is 0 Å². The van der Waals surface area contributed by atoms with Crippen molar-refractivity contribution in [3.8, 4) is 5.75 Å². The molecule has 126 valence electrons. The maximum atomic E-state index is 12.7. The lowest BCUT2D eigenvalue weighted by Gasteiger charge is -2.11. The van der Waals surface area contributed by atoms with Crippen LogP contribution in [0, 0.1) is 0 Å². The molecule has 2 aromatic rings. The molecule has 1 aromatic carbocycles. The summed E-state index contributed by atoms with van der Waals surface area (Å²) in [7, 11) is 0. The Morgan fingerprint density at radius 2 is 2.00 bits per heavy atom. The molecule has 1 aliphatic carbocycles. The Balaban J connectivity index is 1.93. The highest BCUT2D eigenvalue weighted by Crippen LogP contribution is 2.38. The number of primary amides is 1. The van der Waals surface area contributed by atoms with Gasteiger partial charge < -0.3 is 15.8 Å². The molecule has 0 bridgehead atoms. The van der Waals surface area contributed by atoms with Gasteiger partial charge in [-0.05, 0) is 50.3 Å². The van der Waals surface area contributed by atoms with E-state index in [1.807, 2.05) is 13.0 Å². The van der Waals surface area contributed by atoms with Gasteiger partial charge in [0.2, 0.25) is 0 Å². The van der Waals surface area contributed by atoms with E-state index < -0.39 is 5.91 Å². The van der Waals surface area contributed by atoms with E-state index >= 15 is 0 Å². The number of anilines is 1. The van der Waals surface area contributed by atoms with Crippen molar-refractivity contribution >= 4 is 28.2 Å². The van der Waals surface area contributed by atoms with Crippen molar-refractivity contribution in [2.75, 3.05) is 11.9 Å². The van der Waals surface area contributed by atoms with Gasteiger partial charge in [-0.25, -0.2) is 0 Å². The van der Waals surface area contributed by atoms with Crippen LogP contribution in [0.3, 0.4) is 0 Å². The molecule has 1 aliphatic rings. The van der Waals surface area contributed by atoms with Gasteiger partial charge in [-0.15, -0.1) is 11.3 Å². The number of nitrogens with one attached hydrogen (secondary N) is 1. The fourth-order valence-corrected chi connectivity index (χ4v) is 4.31. The lowest BCUT2D eigenvalue weighted by Crippen LogP contribution is -2.19. The molecule has 0 spiro atoms. The molecule has 0 aliphatic heterocycles. The van der Waals surface area contributed by atoms with Gasteiger partial charge >= 0.3 is 0 Å². The SMILES string of the molecule is CCOc1ccccc1C(=O)Nc1sc2c(c1C(N)=O)CCCC2. The first-order chi connectivity index (χ1) is 11.6. The van der Waals surface area contributed by atoms with Gasteiger partial charge in [-0.1, -0.05) is 12.1 Å². The average Bonchev–Trinajstić information content (AvgIpc) is 2.93. The van der Waals surface area contributed by atoms with Crippen molar-refractivity contribution in [2.45, 2.75) is 32.6 Å². The standard InChI is InChI=1S/C18H20N2O3S/c1-2-23-13-9-5-3-7-11(13)17(22)20-18-15(16(19)21)12-8-4-6-10-14(12)24-18/h3,5,7,9H,2,4,6,8,10H2,1H3,(H2,19,21)(H,20,22). The normalized spacial score (nSPS) is 13.2. The number of nitrogens with two attached hydrogens (primary N) is 1. The molecule has 0 saturated heterocycles. The molecule has 2 amide bonds. The van der Waals surface area contributed by atoms with Gasteiger partial charge in [0.1, 0.15) is 10.8 Å². The minimum atomic E-state index is -0.484. The lowest BCUT2D eigenvalue weighted by molar-refractivity contribution is 0.100. The topological polar surface area (TPSA) is 81.4 Å². The summed E-state index contributed by atoms with van der Waals surface area (Å²) >= 11 is 1.46. The van der Waals surface area contributed by atoms with Gasteiger partial charge in [0, 0.05) is 4.88 Å². The fourth-order valence-electron chi connectivity index (χ4n) is 3.02. The number of benzene rings is 1. The monoisotopic (exact) mass is 344 g/mol. The van der Waals surface area contributed by atoms with Gasteiger partial charge in [0.05, 0.1) is 17.7 Å². The largest absolute Gasteiger partial charge is 0.493 e. The van der Waals surface area contributed by atoms with Crippen molar-refractivity contribution in [3.05, 3.63) is 45.8 Å². The third kappa shape index (κ3) is 3.14. The van der Waals surface area contributed by atoms with E-state index in [9.17, 15) is 9.59 Å². The number of amides is 2. The highest BCUT2D eigenvalue weighted by Gasteiger charge is 2.25. The zero-order chi connectivity index (χ0) is 17.1. The number of ether oxygens (including phenoxy) is 1. The van der Waals surface area contributed by atoms with E-state index in [0.717, 1.165) is 36.1 Å². The molecule has 3 N–H and O–H groups in total. The first kappa shape index (κ1) is 16.5. The molecule has 0 radical (unpaired) electrons. The van der Waals surface area contributed by atoms with Crippen LogP contribution >= 0.6 is 11.3 Å². The molecule has 0 fully saturated rings. The van der Waals surface area contributed by atoms with Crippen molar-refractivity contribution in [2.24, 2.45) is 5.73 Å². The lowest BCUT2D eigenvalue weighted by atomic mass is 9.95. The van der Waals surface area contributed by atoms with E-state index in [1.54, 1.807) is 18.2 Å². The van der Waals surface area contributed by atoms with Gasteiger partial charge in [-0.2, -0.15) is 0 Å². The summed E-state index contributed by atoms with van der Waals surface area (Å²) in [5.74, 6) is -0.248. The van der Waals surface area contributed by atoms with Crippen molar-refractivity contribution < 1.29 is 14.3 Å². The van der Waals surface area contributed by atoms with Crippen LogP contribution in [-0.2, 0) is 12.8 Å². The summed E-state index contributed by atoms with van der Waals surface area (Å²) in [6.07, 6.45) is 3.93. The molecular formula is C18H20N2O3S. The predicted molar refractivity (Wildman–Crippen MR) is 95.0 cm³/mol. The quantitative estimate of drug-likeness (QED) is 0.872. The van der Waals surface area contributed by atoms with Crippen LogP contribution in [0.15, 0.2) is 24.3 Å². The molecule has 1 aromatic heterocycles. The van der Waals surface area contributed by atoms with E-state index in [0.29, 0.717) is 28.5 Å². The highest BCUT2D eigenvalue weighted by atomic mass is 32.1. The highest BCUT2D eigenvalue weighted by molar-refractivity contribution is 7.17. The first-order valence-electron chi connectivity index (χ1n) is 8.09. The number of rotatable bonds is 5. The smallest absolute Gasteiger partial charge is 0.260 e. The van der Waals surface area contributed by atoms with Crippen molar-refractivity contribution in [1.29, 1.82) is 0 Å². The number of carbonyl (C=O) groups excluding carboxylic acids is 2. The first-order valence-corrected chi connectivity index (χ1v) is 8.91. The second-order valence-corrected chi connectivity index (χ2v) is 6.77. The van der Waals surface area contributed by atoms with Crippen LogP contribution in [-0.4, -0.2) is 18.4 Å². The van der Waals surface area contributed by atoms with E-state index in [-0.39, 0.29) is 5.91 Å². The minimum Gasteiger partial charge on any atom is -0.493 e. The third-order valence-corrected chi connectivity index (χ3v) is 5.28. The summed E-state index contributed by atoms with van der Waals surface area (Å²) in [6.45, 7) is 2.34. The number of thiophene rings is 1. The van der Waals surface area contributed by atoms with Gasteiger partial charge in [-0.3, -0.25) is 9.59 Å². The zero-order valence-corrected chi connectivity index (χ0v) is 14.4. The molecule has 5 nitrogen and oxygen atoms in total. The second-order valence-electron chi connectivity index (χ2n) is 5.66. The Morgan fingerprint density at radius 3 is 2.75 bits per heavy atom. The van der Waals surface area contributed by atoms with Gasteiger partial charge in [0.25, 0.3) is 11.8 Å². The number of aryl methyl sites for hydroxylation is 1. The van der Waals surface area contributed by atoms with Gasteiger partial charge in [0.15, 0.2) is 0 Å². The van der Waals surface area contributed by atoms with E-state index in [1.165, 1.54) is 11.3 Å². The Morgan fingerprint density at radius 1 is 1.25 bits per heavy atom.